The highest BCUT2D eigenvalue weighted by Crippen LogP contribution is 2.30. The lowest BCUT2D eigenvalue weighted by atomic mass is 10.2. The maximum atomic E-state index is 12.8. The third-order valence-electron chi connectivity index (χ3n) is 5.54. The quantitative estimate of drug-likeness (QED) is 0.196. The van der Waals surface area contributed by atoms with Gasteiger partial charge in [0.2, 0.25) is 0 Å². The molecule has 0 atom stereocenters. The summed E-state index contributed by atoms with van der Waals surface area (Å²) in [5.74, 6) is 0.279. The van der Waals surface area contributed by atoms with Gasteiger partial charge in [-0.15, -0.1) is 12.4 Å². The second kappa shape index (κ2) is 13.3. The van der Waals surface area contributed by atoms with E-state index in [1.807, 2.05) is 0 Å². The molecule has 194 valence electrons. The first-order chi connectivity index (χ1) is 16.2. The number of benzene rings is 2. The average molecular weight is 541 g/mol. The van der Waals surface area contributed by atoms with Crippen LogP contribution in [-0.2, 0) is 10.1 Å². The van der Waals surface area contributed by atoms with E-state index in [0.717, 1.165) is 53.5 Å². The van der Waals surface area contributed by atoms with Gasteiger partial charge in [0.05, 0.1) is 10.2 Å². The van der Waals surface area contributed by atoms with E-state index in [4.69, 9.17) is 4.18 Å². The number of fused-ring (bicyclic) bond motifs is 1. The van der Waals surface area contributed by atoms with Crippen molar-refractivity contribution in [3.63, 3.8) is 0 Å². The number of nitrogens with one attached hydrogen (secondary N) is 2. The van der Waals surface area contributed by atoms with Crippen molar-refractivity contribution in [2.45, 2.75) is 64.4 Å². The Kier molecular flexibility index (Phi) is 11.1. The molecular weight excluding hydrogens is 504 g/mol. The van der Waals surface area contributed by atoms with Crippen LogP contribution in [0.25, 0.3) is 10.2 Å². The topological polar surface area (TPSA) is 83.6 Å². The smallest absolute Gasteiger partial charge is 0.339 e. The summed E-state index contributed by atoms with van der Waals surface area (Å²) in [6.45, 7) is 13.5. The van der Waals surface area contributed by atoms with Gasteiger partial charge in [-0.3, -0.25) is 4.90 Å². The van der Waals surface area contributed by atoms with Crippen LogP contribution in [0.2, 0.25) is 0 Å². The second-order valence-corrected chi connectivity index (χ2v) is 11.4. The Labute approximate surface area is 219 Å². The fourth-order valence-corrected chi connectivity index (χ4v) is 5.60. The van der Waals surface area contributed by atoms with E-state index in [-0.39, 0.29) is 23.1 Å². The maximum absolute atomic E-state index is 12.8. The first-order valence-electron chi connectivity index (χ1n) is 11.9. The summed E-state index contributed by atoms with van der Waals surface area (Å²) < 4.78 is 31.9. The summed E-state index contributed by atoms with van der Waals surface area (Å²) in [4.78, 5) is 7.06. The minimum absolute atomic E-state index is 0. The number of aromatic nitrogens is 1. The molecule has 3 rings (SSSR count). The van der Waals surface area contributed by atoms with E-state index in [1.54, 1.807) is 42.5 Å². The Balaban J connectivity index is 0.00000432. The van der Waals surface area contributed by atoms with Gasteiger partial charge in [0.1, 0.15) is 10.6 Å². The lowest BCUT2D eigenvalue weighted by Gasteiger charge is -2.30. The molecule has 1 heterocycles. The molecule has 0 saturated heterocycles. The zero-order chi connectivity index (χ0) is 24.7. The fourth-order valence-electron chi connectivity index (χ4n) is 3.76. The van der Waals surface area contributed by atoms with Crippen LogP contribution in [0, 0.1) is 0 Å². The van der Waals surface area contributed by atoms with Crippen LogP contribution in [-0.4, -0.2) is 50.0 Å². The minimum Gasteiger partial charge on any atom is -0.384 e. The predicted octanol–water partition coefficient (Wildman–Crippen LogP) is 6.23. The van der Waals surface area contributed by atoms with E-state index < -0.39 is 10.1 Å². The van der Waals surface area contributed by atoms with Gasteiger partial charge in [-0.05, 0) is 70.5 Å². The highest BCUT2D eigenvalue weighted by Gasteiger charge is 2.18. The van der Waals surface area contributed by atoms with Crippen molar-refractivity contribution >= 4 is 54.9 Å². The molecule has 0 aliphatic rings. The van der Waals surface area contributed by atoms with Crippen molar-refractivity contribution in [1.29, 1.82) is 0 Å². The molecule has 10 heteroatoms. The molecule has 0 fully saturated rings. The SMILES string of the molecule is CCCCNc1nc2ccc(OS(=O)(=O)c3ccc(NCCN(C(C)C)C(C)C)cc3)cc2s1.Cl. The molecule has 1 aromatic heterocycles. The van der Waals surface area contributed by atoms with Gasteiger partial charge in [0, 0.05) is 43.5 Å². The van der Waals surface area contributed by atoms with Crippen LogP contribution in [0.3, 0.4) is 0 Å². The Morgan fingerprint density at radius 1 is 1.00 bits per heavy atom. The number of hydrogen-bond donors (Lipinski definition) is 2. The molecule has 7 nitrogen and oxygen atoms in total. The van der Waals surface area contributed by atoms with Gasteiger partial charge in [-0.1, -0.05) is 24.7 Å². The number of anilines is 2. The van der Waals surface area contributed by atoms with E-state index >= 15 is 0 Å². The molecule has 2 aromatic carbocycles. The molecule has 0 radical (unpaired) electrons. The first kappa shape index (κ1) is 29.2. The van der Waals surface area contributed by atoms with Crippen LogP contribution in [0.1, 0.15) is 47.5 Å². The molecule has 0 spiro atoms. The lowest BCUT2D eigenvalue weighted by molar-refractivity contribution is 0.182. The van der Waals surface area contributed by atoms with Crippen molar-refractivity contribution < 1.29 is 12.6 Å². The van der Waals surface area contributed by atoms with Gasteiger partial charge in [-0.25, -0.2) is 4.98 Å². The Morgan fingerprint density at radius 3 is 2.31 bits per heavy atom. The van der Waals surface area contributed by atoms with Gasteiger partial charge < -0.3 is 14.8 Å². The van der Waals surface area contributed by atoms with Crippen molar-refractivity contribution in [1.82, 2.24) is 9.88 Å². The Hall–Kier alpha value is -2.07. The van der Waals surface area contributed by atoms with Crippen LogP contribution in [0.5, 0.6) is 5.75 Å². The summed E-state index contributed by atoms with van der Waals surface area (Å²) in [5.41, 5.74) is 1.69. The Morgan fingerprint density at radius 2 is 1.69 bits per heavy atom. The largest absolute Gasteiger partial charge is 0.384 e. The zero-order valence-electron chi connectivity index (χ0n) is 21.1. The summed E-state index contributed by atoms with van der Waals surface area (Å²) in [6, 6.07) is 12.8. The average Bonchev–Trinajstić information content (AvgIpc) is 3.18. The number of hydrogen-bond acceptors (Lipinski definition) is 8. The number of nitrogens with zero attached hydrogens (tertiary/aromatic N) is 2. The van der Waals surface area contributed by atoms with Crippen LogP contribution in [0.4, 0.5) is 10.8 Å². The monoisotopic (exact) mass is 540 g/mol. The number of rotatable bonds is 13. The third-order valence-corrected chi connectivity index (χ3v) is 7.78. The van der Waals surface area contributed by atoms with Crippen molar-refractivity contribution in [3.8, 4) is 5.75 Å². The minimum atomic E-state index is -3.93. The molecule has 0 unspecified atom stereocenters. The Bertz CT molecular complexity index is 1160. The zero-order valence-corrected chi connectivity index (χ0v) is 23.5. The fraction of sp³-hybridized carbons (Fsp3) is 0.480. The first-order valence-corrected chi connectivity index (χ1v) is 14.1. The molecule has 0 aliphatic heterocycles. The third kappa shape index (κ3) is 8.24. The predicted molar refractivity (Wildman–Crippen MR) is 150 cm³/mol. The summed E-state index contributed by atoms with van der Waals surface area (Å²) >= 11 is 1.49. The lowest BCUT2D eigenvalue weighted by Crippen LogP contribution is -2.40. The van der Waals surface area contributed by atoms with E-state index in [1.165, 1.54) is 11.3 Å². The van der Waals surface area contributed by atoms with Crippen LogP contribution in [0.15, 0.2) is 47.4 Å². The molecule has 0 amide bonds. The van der Waals surface area contributed by atoms with E-state index in [9.17, 15) is 8.42 Å². The summed E-state index contributed by atoms with van der Waals surface area (Å²) in [5, 5.41) is 7.50. The van der Waals surface area contributed by atoms with Crippen molar-refractivity contribution in [3.05, 3.63) is 42.5 Å². The van der Waals surface area contributed by atoms with E-state index in [2.05, 4.69) is 55.1 Å². The molecule has 0 bridgehead atoms. The van der Waals surface area contributed by atoms with E-state index in [0.29, 0.717) is 12.1 Å². The number of thiazole rings is 1. The highest BCUT2D eigenvalue weighted by molar-refractivity contribution is 7.87. The molecule has 35 heavy (non-hydrogen) atoms. The van der Waals surface area contributed by atoms with Crippen molar-refractivity contribution in [2.24, 2.45) is 0 Å². The summed E-state index contributed by atoms with van der Waals surface area (Å²) in [7, 11) is -3.93. The molecule has 3 aromatic rings. The molecular formula is C25H37ClN4O3S2. The highest BCUT2D eigenvalue weighted by atomic mass is 35.5. The number of unbranched alkanes of at least 4 members (excludes halogenated alkanes) is 1. The number of halogens is 1. The van der Waals surface area contributed by atoms with Gasteiger partial charge in [0.15, 0.2) is 5.13 Å². The van der Waals surface area contributed by atoms with Gasteiger partial charge in [0.25, 0.3) is 0 Å². The second-order valence-electron chi connectivity index (χ2n) is 8.84. The van der Waals surface area contributed by atoms with Crippen molar-refractivity contribution in [2.75, 3.05) is 30.3 Å². The van der Waals surface area contributed by atoms with Gasteiger partial charge in [-0.2, -0.15) is 8.42 Å². The maximum Gasteiger partial charge on any atom is 0.339 e. The standard InChI is InChI=1S/C25H36N4O3S2.ClH/c1-6-7-14-27-25-28-23-13-10-21(17-24(23)33-25)32-34(30,31)22-11-8-20(9-12-22)26-15-16-29(18(2)3)19(4)5;/h8-13,17-19,26H,6-7,14-16H2,1-5H3,(H,27,28);1H. The normalized spacial score (nSPS) is 11.8. The molecule has 0 aliphatic carbocycles. The summed E-state index contributed by atoms with van der Waals surface area (Å²) in [6.07, 6.45) is 2.19. The molecule has 2 N–H and O–H groups in total. The van der Waals surface area contributed by atoms with Gasteiger partial charge >= 0.3 is 10.1 Å². The van der Waals surface area contributed by atoms with Crippen LogP contribution < -0.4 is 14.8 Å². The molecule has 0 saturated carbocycles. The van der Waals surface area contributed by atoms with Crippen LogP contribution >= 0.6 is 23.7 Å².